The maximum absolute atomic E-state index is 8.82. The van der Waals surface area contributed by atoms with Gasteiger partial charge in [0, 0.05) is 30.2 Å². The minimum Gasteiger partial charge on any atom is -0.481 e. The zero-order chi connectivity index (χ0) is 16.9. The lowest BCUT2D eigenvalue weighted by atomic mass is 10.1. The molecule has 24 heavy (non-hydrogen) atoms. The molecule has 0 spiro atoms. The van der Waals surface area contributed by atoms with Crippen molar-refractivity contribution >= 4 is 22.5 Å². The fraction of sp³-hybridized carbons (Fsp3) is 0.167. The Bertz CT molecular complexity index is 903. The number of rotatable bonds is 5. The van der Waals surface area contributed by atoms with E-state index in [-0.39, 0.29) is 0 Å². The molecule has 3 rings (SSSR count). The maximum atomic E-state index is 8.82. The first-order valence-electron chi connectivity index (χ1n) is 7.39. The predicted molar refractivity (Wildman–Crippen MR) is 92.8 cm³/mol. The summed E-state index contributed by atoms with van der Waals surface area (Å²) in [5.74, 6) is 0.532. The smallest absolute Gasteiger partial charge is 0.218 e. The van der Waals surface area contributed by atoms with Crippen LogP contribution in [-0.4, -0.2) is 17.1 Å². The molecular weight excluding hydrogens is 324 g/mol. The van der Waals surface area contributed by atoms with Crippen molar-refractivity contribution < 1.29 is 4.74 Å². The van der Waals surface area contributed by atoms with Crippen molar-refractivity contribution in [1.29, 1.82) is 5.26 Å². The van der Waals surface area contributed by atoms with Gasteiger partial charge in [-0.3, -0.25) is 0 Å². The highest BCUT2D eigenvalue weighted by Gasteiger charge is 2.10. The molecule has 0 aliphatic carbocycles. The molecule has 120 valence electrons. The summed E-state index contributed by atoms with van der Waals surface area (Å²) in [7, 11) is 1.59. The molecule has 0 unspecified atom stereocenters. The van der Waals surface area contributed by atoms with Crippen LogP contribution in [0.4, 0.5) is 0 Å². The lowest BCUT2D eigenvalue weighted by Crippen LogP contribution is -2.14. The molecule has 0 radical (unpaired) electrons. The SMILES string of the molecule is COc1nc2c(Cl)nccc2cc1CNCc1ccc(C#N)cc1. The summed E-state index contributed by atoms with van der Waals surface area (Å²) in [6.07, 6.45) is 1.66. The van der Waals surface area contributed by atoms with E-state index < -0.39 is 0 Å². The number of nitrogens with zero attached hydrogens (tertiary/aromatic N) is 3. The number of methoxy groups -OCH3 is 1. The largest absolute Gasteiger partial charge is 0.481 e. The number of fused-ring (bicyclic) bond motifs is 1. The van der Waals surface area contributed by atoms with E-state index in [1.165, 1.54) is 0 Å². The van der Waals surface area contributed by atoms with Crippen molar-refractivity contribution in [2.24, 2.45) is 0 Å². The van der Waals surface area contributed by atoms with E-state index in [1.54, 1.807) is 13.3 Å². The third-order valence-corrected chi connectivity index (χ3v) is 3.93. The molecule has 0 aliphatic heterocycles. The van der Waals surface area contributed by atoms with E-state index in [1.807, 2.05) is 36.4 Å². The van der Waals surface area contributed by atoms with Crippen LogP contribution < -0.4 is 10.1 Å². The van der Waals surface area contributed by atoms with Gasteiger partial charge in [-0.2, -0.15) is 5.26 Å². The van der Waals surface area contributed by atoms with Gasteiger partial charge in [-0.25, -0.2) is 9.97 Å². The highest BCUT2D eigenvalue weighted by atomic mass is 35.5. The fourth-order valence-electron chi connectivity index (χ4n) is 2.43. The average Bonchev–Trinajstić information content (AvgIpc) is 2.62. The number of hydrogen-bond acceptors (Lipinski definition) is 5. The van der Waals surface area contributed by atoms with Crippen LogP contribution in [0.5, 0.6) is 5.88 Å². The normalized spacial score (nSPS) is 10.5. The second-order valence-electron chi connectivity index (χ2n) is 5.24. The molecule has 6 heteroatoms. The van der Waals surface area contributed by atoms with Crippen LogP contribution in [0.1, 0.15) is 16.7 Å². The molecule has 0 saturated carbocycles. The van der Waals surface area contributed by atoms with Gasteiger partial charge in [0.15, 0.2) is 5.15 Å². The summed E-state index contributed by atoms with van der Waals surface area (Å²) in [5, 5.41) is 13.5. The van der Waals surface area contributed by atoms with Crippen LogP contribution >= 0.6 is 11.6 Å². The van der Waals surface area contributed by atoms with Gasteiger partial charge in [0.25, 0.3) is 0 Å². The first-order valence-corrected chi connectivity index (χ1v) is 7.77. The molecule has 2 heterocycles. The average molecular weight is 339 g/mol. The zero-order valence-corrected chi connectivity index (χ0v) is 13.8. The highest BCUT2D eigenvalue weighted by molar-refractivity contribution is 6.33. The molecule has 0 fully saturated rings. The summed E-state index contributed by atoms with van der Waals surface area (Å²) in [5.41, 5.74) is 3.34. The molecule has 0 bridgehead atoms. The monoisotopic (exact) mass is 338 g/mol. The molecule has 0 saturated heterocycles. The maximum Gasteiger partial charge on any atom is 0.218 e. The Morgan fingerprint density at radius 2 is 2.00 bits per heavy atom. The number of pyridine rings is 2. The standard InChI is InChI=1S/C18H15ClN4O/c1-24-18-15(8-14-6-7-22-17(19)16(14)23-18)11-21-10-13-4-2-12(9-20)3-5-13/h2-8,21H,10-11H2,1H3. The highest BCUT2D eigenvalue weighted by Crippen LogP contribution is 2.25. The number of nitrogens with one attached hydrogen (secondary N) is 1. The van der Waals surface area contributed by atoms with Crippen LogP contribution in [0.3, 0.4) is 0 Å². The van der Waals surface area contributed by atoms with Gasteiger partial charge < -0.3 is 10.1 Å². The molecule has 0 aliphatic rings. The zero-order valence-electron chi connectivity index (χ0n) is 13.1. The first-order chi connectivity index (χ1) is 11.7. The van der Waals surface area contributed by atoms with Crippen LogP contribution in [0.2, 0.25) is 5.15 Å². The van der Waals surface area contributed by atoms with Gasteiger partial charge in [-0.15, -0.1) is 0 Å². The van der Waals surface area contributed by atoms with Crippen LogP contribution in [0, 0.1) is 11.3 Å². The molecule has 3 aromatic rings. The third-order valence-electron chi connectivity index (χ3n) is 3.65. The Kier molecular flexibility index (Phi) is 4.90. The van der Waals surface area contributed by atoms with Crippen molar-refractivity contribution in [3.05, 3.63) is 64.4 Å². The molecule has 0 atom stereocenters. The first kappa shape index (κ1) is 16.2. The van der Waals surface area contributed by atoms with Gasteiger partial charge in [-0.1, -0.05) is 23.7 Å². The molecule has 1 N–H and O–H groups in total. The number of halogens is 1. The summed E-state index contributed by atoms with van der Waals surface area (Å²) < 4.78 is 5.37. The van der Waals surface area contributed by atoms with Crippen LogP contribution in [-0.2, 0) is 13.1 Å². The second-order valence-corrected chi connectivity index (χ2v) is 5.60. The number of ether oxygens (including phenoxy) is 1. The van der Waals surface area contributed by atoms with Crippen LogP contribution in [0.15, 0.2) is 42.6 Å². The number of aromatic nitrogens is 2. The molecule has 2 aromatic heterocycles. The summed E-state index contributed by atoms with van der Waals surface area (Å²) in [6.45, 7) is 1.29. The lowest BCUT2D eigenvalue weighted by molar-refractivity contribution is 0.392. The number of hydrogen-bond donors (Lipinski definition) is 1. The molecule has 5 nitrogen and oxygen atoms in total. The van der Waals surface area contributed by atoms with Gasteiger partial charge in [0.2, 0.25) is 5.88 Å². The van der Waals surface area contributed by atoms with Crippen molar-refractivity contribution in [1.82, 2.24) is 15.3 Å². The second kappa shape index (κ2) is 7.26. The quantitative estimate of drug-likeness (QED) is 0.721. The topological polar surface area (TPSA) is 70.8 Å². The Hall–Kier alpha value is -2.68. The summed E-state index contributed by atoms with van der Waals surface area (Å²) in [4.78, 5) is 8.49. The van der Waals surface area contributed by atoms with Gasteiger partial charge in [0.05, 0.1) is 18.7 Å². The summed E-state index contributed by atoms with van der Waals surface area (Å²) in [6, 6.07) is 13.5. The Balaban J connectivity index is 1.75. The Labute approximate surface area is 144 Å². The molecule has 1 aromatic carbocycles. The van der Waals surface area contributed by atoms with E-state index in [4.69, 9.17) is 21.6 Å². The van der Waals surface area contributed by atoms with E-state index in [2.05, 4.69) is 21.4 Å². The third kappa shape index (κ3) is 3.46. The fourth-order valence-corrected chi connectivity index (χ4v) is 2.64. The number of benzene rings is 1. The van der Waals surface area contributed by atoms with Crippen molar-refractivity contribution in [2.75, 3.05) is 7.11 Å². The van der Waals surface area contributed by atoms with Gasteiger partial charge in [0.1, 0.15) is 5.52 Å². The summed E-state index contributed by atoms with van der Waals surface area (Å²) >= 11 is 6.08. The van der Waals surface area contributed by atoms with E-state index >= 15 is 0 Å². The molecular formula is C18H15ClN4O. The number of nitriles is 1. The van der Waals surface area contributed by atoms with E-state index in [0.717, 1.165) is 16.5 Å². The van der Waals surface area contributed by atoms with E-state index in [9.17, 15) is 0 Å². The lowest BCUT2D eigenvalue weighted by Gasteiger charge is -2.11. The Morgan fingerprint density at radius 1 is 1.21 bits per heavy atom. The minimum atomic E-state index is 0.364. The van der Waals surface area contributed by atoms with Gasteiger partial charge in [-0.05, 0) is 29.8 Å². The molecule has 0 amide bonds. The van der Waals surface area contributed by atoms with E-state index in [0.29, 0.717) is 35.2 Å². The Morgan fingerprint density at radius 3 is 2.71 bits per heavy atom. The van der Waals surface area contributed by atoms with Crippen molar-refractivity contribution in [2.45, 2.75) is 13.1 Å². The van der Waals surface area contributed by atoms with Crippen molar-refractivity contribution in [3.63, 3.8) is 0 Å². The predicted octanol–water partition coefficient (Wildman–Crippen LogP) is 3.45. The van der Waals surface area contributed by atoms with Crippen molar-refractivity contribution in [3.8, 4) is 11.9 Å². The van der Waals surface area contributed by atoms with Crippen LogP contribution in [0.25, 0.3) is 10.9 Å². The van der Waals surface area contributed by atoms with Gasteiger partial charge >= 0.3 is 0 Å². The minimum absolute atomic E-state index is 0.364.